The van der Waals surface area contributed by atoms with Crippen LogP contribution in [-0.2, 0) is 4.79 Å². The standard InChI is InChI=1S/C21H25N3O2S/c25-18-9-13-24(20-22-11-14-27-20)16-21(18)10-4-12-23(15-21)19(26)8-7-17-5-2-1-3-6-17/h1-3,5-8,11,14,18,25H,4,9-10,12-13,15-16H2/t18-,21+/m1/s1. The van der Waals surface area contributed by atoms with Crippen LogP contribution in [0.3, 0.4) is 0 Å². The Morgan fingerprint density at radius 3 is 2.89 bits per heavy atom. The van der Waals surface area contributed by atoms with Gasteiger partial charge in [-0.2, -0.15) is 0 Å². The number of nitrogens with zero attached hydrogens (tertiary/aromatic N) is 3. The summed E-state index contributed by atoms with van der Waals surface area (Å²) in [4.78, 5) is 21.3. The number of benzene rings is 1. The average molecular weight is 384 g/mol. The maximum Gasteiger partial charge on any atom is 0.246 e. The largest absolute Gasteiger partial charge is 0.392 e. The Kier molecular flexibility index (Phi) is 5.27. The summed E-state index contributed by atoms with van der Waals surface area (Å²) in [5.41, 5.74) is 0.753. The molecule has 0 aliphatic carbocycles. The lowest BCUT2D eigenvalue weighted by molar-refractivity contribution is -0.132. The fourth-order valence-corrected chi connectivity index (χ4v) is 4.94. The summed E-state index contributed by atoms with van der Waals surface area (Å²) in [7, 11) is 0. The predicted octanol–water partition coefficient (Wildman–Crippen LogP) is 3.04. The van der Waals surface area contributed by atoms with E-state index in [1.165, 1.54) is 0 Å². The summed E-state index contributed by atoms with van der Waals surface area (Å²) in [5.74, 6) is 0.0245. The number of amides is 1. The monoisotopic (exact) mass is 383 g/mol. The molecule has 2 saturated heterocycles. The molecule has 1 aromatic heterocycles. The molecule has 0 unspecified atom stereocenters. The van der Waals surface area contributed by atoms with Crippen LogP contribution in [0, 0.1) is 5.41 Å². The molecule has 2 aliphatic rings. The Bertz CT molecular complexity index is 793. The summed E-state index contributed by atoms with van der Waals surface area (Å²) in [5, 5.41) is 13.8. The number of anilines is 1. The third kappa shape index (κ3) is 3.92. The zero-order valence-electron chi connectivity index (χ0n) is 15.3. The van der Waals surface area contributed by atoms with Gasteiger partial charge in [-0.25, -0.2) is 4.98 Å². The van der Waals surface area contributed by atoms with Gasteiger partial charge in [-0.05, 0) is 30.9 Å². The molecule has 0 bridgehead atoms. The minimum absolute atomic E-state index is 0.0245. The number of aliphatic hydroxyl groups excluding tert-OH is 1. The predicted molar refractivity (Wildman–Crippen MR) is 109 cm³/mol. The van der Waals surface area contributed by atoms with Gasteiger partial charge < -0.3 is 14.9 Å². The molecule has 1 amide bonds. The van der Waals surface area contributed by atoms with Crippen LogP contribution in [0.1, 0.15) is 24.8 Å². The lowest BCUT2D eigenvalue weighted by Gasteiger charge is -2.50. The van der Waals surface area contributed by atoms with Crippen molar-refractivity contribution in [2.75, 3.05) is 31.1 Å². The van der Waals surface area contributed by atoms with Gasteiger partial charge in [-0.3, -0.25) is 4.79 Å². The van der Waals surface area contributed by atoms with Gasteiger partial charge in [0.1, 0.15) is 0 Å². The zero-order valence-corrected chi connectivity index (χ0v) is 16.1. The highest BCUT2D eigenvalue weighted by molar-refractivity contribution is 7.13. The Morgan fingerprint density at radius 2 is 2.11 bits per heavy atom. The number of carbonyl (C=O) groups is 1. The van der Waals surface area contributed by atoms with Gasteiger partial charge in [-0.15, -0.1) is 11.3 Å². The van der Waals surface area contributed by atoms with Gasteiger partial charge in [0.2, 0.25) is 5.91 Å². The molecule has 142 valence electrons. The Labute approximate surface area is 164 Å². The smallest absolute Gasteiger partial charge is 0.246 e. The molecular weight excluding hydrogens is 358 g/mol. The van der Waals surface area contributed by atoms with E-state index in [1.54, 1.807) is 17.4 Å². The molecule has 4 rings (SSSR count). The van der Waals surface area contributed by atoms with Gasteiger partial charge in [0.05, 0.1) is 6.10 Å². The molecule has 2 aliphatic heterocycles. The van der Waals surface area contributed by atoms with Gasteiger partial charge in [0.15, 0.2) is 5.13 Å². The Balaban J connectivity index is 1.47. The van der Waals surface area contributed by atoms with Crippen LogP contribution in [0.25, 0.3) is 6.08 Å². The number of hydrogen-bond acceptors (Lipinski definition) is 5. The van der Waals surface area contributed by atoms with Crippen LogP contribution in [0.15, 0.2) is 48.0 Å². The number of piperidine rings is 2. The third-order valence-electron chi connectivity index (χ3n) is 5.71. The highest BCUT2D eigenvalue weighted by Crippen LogP contribution is 2.40. The van der Waals surface area contributed by atoms with Crippen molar-refractivity contribution in [1.82, 2.24) is 9.88 Å². The van der Waals surface area contributed by atoms with E-state index in [9.17, 15) is 9.90 Å². The average Bonchev–Trinajstić information content (AvgIpc) is 3.24. The van der Waals surface area contributed by atoms with Crippen LogP contribution in [0.2, 0.25) is 0 Å². The maximum atomic E-state index is 12.7. The van der Waals surface area contributed by atoms with Crippen molar-refractivity contribution >= 4 is 28.5 Å². The van der Waals surface area contributed by atoms with E-state index < -0.39 is 0 Å². The lowest BCUT2D eigenvalue weighted by atomic mass is 9.71. The molecule has 2 atom stereocenters. The first-order valence-corrected chi connectivity index (χ1v) is 10.4. The Morgan fingerprint density at radius 1 is 1.26 bits per heavy atom. The molecule has 5 nitrogen and oxygen atoms in total. The minimum atomic E-state index is -0.373. The first-order valence-electron chi connectivity index (χ1n) is 9.51. The second-order valence-corrected chi connectivity index (χ2v) is 8.38. The van der Waals surface area contributed by atoms with E-state index in [2.05, 4.69) is 9.88 Å². The van der Waals surface area contributed by atoms with Gasteiger partial charge >= 0.3 is 0 Å². The molecule has 1 spiro atoms. The first kappa shape index (κ1) is 18.2. The fourth-order valence-electron chi connectivity index (χ4n) is 4.27. The number of hydrogen-bond donors (Lipinski definition) is 1. The lowest BCUT2D eigenvalue weighted by Crippen LogP contribution is -2.59. The summed E-state index contributed by atoms with van der Waals surface area (Å²) in [6, 6.07) is 9.86. The summed E-state index contributed by atoms with van der Waals surface area (Å²) in [6.07, 6.45) is 7.56. The van der Waals surface area contributed by atoms with Crippen molar-refractivity contribution in [2.24, 2.45) is 5.41 Å². The summed E-state index contributed by atoms with van der Waals surface area (Å²) >= 11 is 1.63. The molecule has 0 saturated carbocycles. The quantitative estimate of drug-likeness (QED) is 0.828. The van der Waals surface area contributed by atoms with Crippen molar-refractivity contribution in [3.8, 4) is 0 Å². The molecule has 0 radical (unpaired) electrons. The van der Waals surface area contributed by atoms with E-state index in [0.29, 0.717) is 6.54 Å². The molecule has 6 heteroatoms. The normalized spacial score (nSPS) is 26.0. The van der Waals surface area contributed by atoms with E-state index in [-0.39, 0.29) is 17.4 Å². The highest BCUT2D eigenvalue weighted by atomic mass is 32.1. The number of aliphatic hydroxyl groups is 1. The van der Waals surface area contributed by atoms with Gasteiger partial charge in [0, 0.05) is 49.2 Å². The Hall–Kier alpha value is -2.18. The van der Waals surface area contributed by atoms with E-state index in [1.807, 2.05) is 52.9 Å². The molecule has 1 aromatic carbocycles. The number of carbonyl (C=O) groups excluding carboxylic acids is 1. The van der Waals surface area contributed by atoms with Gasteiger partial charge in [0.25, 0.3) is 0 Å². The second-order valence-electron chi connectivity index (χ2n) is 7.51. The molecule has 3 heterocycles. The topological polar surface area (TPSA) is 56.7 Å². The second kappa shape index (κ2) is 7.82. The molecule has 2 fully saturated rings. The van der Waals surface area contributed by atoms with Crippen LogP contribution < -0.4 is 4.90 Å². The zero-order chi connectivity index (χ0) is 18.7. The van der Waals surface area contributed by atoms with Gasteiger partial charge in [-0.1, -0.05) is 30.3 Å². The van der Waals surface area contributed by atoms with Crippen LogP contribution >= 0.6 is 11.3 Å². The van der Waals surface area contributed by atoms with Crippen molar-refractivity contribution in [3.63, 3.8) is 0 Å². The first-order chi connectivity index (χ1) is 13.2. The van der Waals surface area contributed by atoms with Crippen LogP contribution in [0.4, 0.5) is 5.13 Å². The van der Waals surface area contributed by atoms with E-state index in [0.717, 1.165) is 49.6 Å². The summed E-state index contributed by atoms with van der Waals surface area (Å²) < 4.78 is 0. The molecule has 2 aromatic rings. The fraction of sp³-hybridized carbons (Fsp3) is 0.429. The molecular formula is C21H25N3O2S. The highest BCUT2D eigenvalue weighted by Gasteiger charge is 2.46. The summed E-state index contributed by atoms with van der Waals surface area (Å²) in [6.45, 7) is 2.93. The van der Waals surface area contributed by atoms with Crippen LogP contribution in [0.5, 0.6) is 0 Å². The minimum Gasteiger partial charge on any atom is -0.392 e. The SMILES string of the molecule is O=C(C=Cc1ccccc1)N1CCC[C@]2(C1)CN(c1nccs1)CC[C@H]2O. The number of rotatable bonds is 3. The van der Waals surface area contributed by atoms with Crippen molar-refractivity contribution in [1.29, 1.82) is 0 Å². The van der Waals surface area contributed by atoms with E-state index in [4.69, 9.17) is 0 Å². The molecule has 1 N–H and O–H groups in total. The van der Waals surface area contributed by atoms with Crippen molar-refractivity contribution in [2.45, 2.75) is 25.4 Å². The third-order valence-corrected chi connectivity index (χ3v) is 6.55. The molecule has 27 heavy (non-hydrogen) atoms. The maximum absolute atomic E-state index is 12.7. The number of thiazole rings is 1. The van der Waals surface area contributed by atoms with Crippen molar-refractivity contribution < 1.29 is 9.90 Å². The number of likely N-dealkylation sites (tertiary alicyclic amines) is 1. The van der Waals surface area contributed by atoms with E-state index >= 15 is 0 Å². The number of aromatic nitrogens is 1. The van der Waals surface area contributed by atoms with Crippen LogP contribution in [-0.4, -0.2) is 53.2 Å². The van der Waals surface area contributed by atoms with Crippen molar-refractivity contribution in [3.05, 3.63) is 53.5 Å².